The van der Waals surface area contributed by atoms with Crippen LogP contribution in [0.1, 0.15) is 124 Å². The number of furan rings is 6. The number of allylic oxidation sites excluding steroid dienone is 6. The molecule has 0 spiro atoms. The number of aliphatic hydroxyl groups is 3. The largest absolute Gasteiger partial charge is 0.512 e. The summed E-state index contributed by atoms with van der Waals surface area (Å²) in [6.07, 6.45) is 8.85. The van der Waals surface area contributed by atoms with Crippen LogP contribution >= 0.6 is 0 Å². The van der Waals surface area contributed by atoms with E-state index < -0.39 is 0 Å². The van der Waals surface area contributed by atoms with E-state index in [1.54, 1.807) is 18.6 Å². The molecular formula is C101H91Ir3N6O12-3. The number of fused-ring (bicyclic) bond motifs is 12. The number of rotatable bonds is 9. The van der Waals surface area contributed by atoms with Crippen molar-refractivity contribution in [2.45, 2.75) is 137 Å². The summed E-state index contributed by atoms with van der Waals surface area (Å²) >= 11 is 0. The summed E-state index contributed by atoms with van der Waals surface area (Å²) in [5.41, 5.74) is 27.4. The van der Waals surface area contributed by atoms with E-state index >= 15 is 0 Å². The number of carbonyl (C=O) groups is 3. The minimum atomic E-state index is -0.125. The first-order valence-electron chi connectivity index (χ1n) is 38.8. The van der Waals surface area contributed by atoms with E-state index in [0.717, 1.165) is 167 Å². The Morgan fingerprint density at radius 1 is 0.352 bits per heavy atom. The van der Waals surface area contributed by atoms with Crippen LogP contribution in [-0.4, -0.2) is 62.6 Å². The first kappa shape index (κ1) is 92.1. The molecule has 18 rings (SSSR count). The standard InChI is InChI=1S/C31H27N2O2.C28H21N2O2.C27H19N2O2.3C5H8O2.3Ir/c1-17-12-21(31(4,5)6)13-18(2)28(17)26-15-20-14-25(32-16-27(20)34-26)24-9-7-8-22-23-11-10-19(3)33-30(23)35-29(22)24;1-15-10-16(2)26(17(3)11-15)24-13-19-12-23(29-14-25(19)31-24)22-7-5-6-20-21-9-8-18(4)30-28(21)32-27(20)22;1-15-9-16(2)11-18(10-15)24-13-19-12-23(28-14-25(19)30-24)22-6-4-5-20-21-8-7-17(3)29-27(21)31-26(20)22;3*1-4(6)3-5(2)7;;;/h7-8,10-16H,1-6H3;5-6,8-14H,1-4H3;4-5,7-14H,1-3H3;3*3,6H,1-2H3;;;/q3*-1;;;;;;. The summed E-state index contributed by atoms with van der Waals surface area (Å²) in [4.78, 5) is 57.7. The van der Waals surface area contributed by atoms with E-state index in [0.29, 0.717) is 17.1 Å². The zero-order valence-corrected chi connectivity index (χ0v) is 78.3. The second-order valence-electron chi connectivity index (χ2n) is 31.2. The van der Waals surface area contributed by atoms with Gasteiger partial charge in [-0.15, -0.1) is 54.6 Å². The molecule has 18 nitrogen and oxygen atoms in total. The second-order valence-corrected chi connectivity index (χ2v) is 31.2. The Labute approximate surface area is 747 Å². The number of aryl methyl sites for hydroxylation is 10. The SMILES string of the molecule is CC(=O)C=C(C)O.CC(=O)C=C(C)O.CC(=O)C=C(C)O.Cc1cc(C)c(-c2cc3cc(-c4[c-]ccc5c4oc4nc(C)ccc45)ncc3o2)c(C)c1.Cc1cc(C)cc(-c2cc3cc(-c4[c-]ccc5c4oc4nc(C)ccc45)ncc3o2)c1.Cc1ccc2c(n1)oc1c(-c3cc4cc(-c5c(C)cc(C(C)(C)C)cc5C)oc4cn3)[c-]ccc12.[Ir].[Ir].[Ir]. The van der Waals surface area contributed by atoms with Crippen LogP contribution in [0.15, 0.2) is 232 Å². The maximum Gasteiger partial charge on any atom is 0.216 e. The van der Waals surface area contributed by atoms with E-state index in [1.807, 2.05) is 93.6 Å². The molecular weight excluding hydrogens is 2070 g/mol. The van der Waals surface area contributed by atoms with Gasteiger partial charge in [-0.05, 0) is 228 Å². The van der Waals surface area contributed by atoms with Crippen molar-refractivity contribution in [2.75, 3.05) is 0 Å². The Balaban J connectivity index is 0.000000169. The van der Waals surface area contributed by atoms with Gasteiger partial charge in [-0.3, -0.25) is 14.4 Å². The fourth-order valence-corrected chi connectivity index (χ4v) is 14.7. The molecule has 12 aromatic heterocycles. The van der Waals surface area contributed by atoms with Crippen LogP contribution in [0.5, 0.6) is 0 Å². The minimum Gasteiger partial charge on any atom is -0.512 e. The first-order chi connectivity index (χ1) is 56.6. The number of pyridine rings is 6. The molecule has 0 unspecified atom stereocenters. The summed E-state index contributed by atoms with van der Waals surface area (Å²) < 4.78 is 37.0. The Kier molecular flexibility index (Phi) is 29.2. The fraction of sp³-hybridized carbons (Fsp3) is 0.198. The summed E-state index contributed by atoms with van der Waals surface area (Å²) in [7, 11) is 0. The molecule has 0 atom stereocenters. The number of benzene rings is 6. The van der Waals surface area contributed by atoms with Crippen molar-refractivity contribution >= 4 is 116 Å². The average Bonchev–Trinajstić information content (AvgIpc) is 1.62. The molecule has 0 fully saturated rings. The molecule has 0 aliphatic carbocycles. The third-order valence-corrected chi connectivity index (χ3v) is 19.6. The van der Waals surface area contributed by atoms with Crippen LogP contribution in [0, 0.1) is 87.4 Å². The van der Waals surface area contributed by atoms with E-state index in [9.17, 15) is 14.4 Å². The Morgan fingerprint density at radius 2 is 0.648 bits per heavy atom. The molecule has 3 N–H and O–H groups in total. The average molecular weight is 2160 g/mol. The topological polar surface area (TPSA) is 268 Å². The minimum absolute atomic E-state index is 0. The molecule has 12 heterocycles. The van der Waals surface area contributed by atoms with Gasteiger partial charge in [-0.2, -0.15) is 0 Å². The van der Waals surface area contributed by atoms with Gasteiger partial charge in [-0.25, -0.2) is 15.0 Å². The molecule has 21 heteroatoms. The van der Waals surface area contributed by atoms with Crippen molar-refractivity contribution < 1.29 is 117 Å². The second kappa shape index (κ2) is 38.7. The smallest absolute Gasteiger partial charge is 0.216 e. The van der Waals surface area contributed by atoms with E-state index in [4.69, 9.17) is 46.8 Å². The monoisotopic (exact) mass is 2160 g/mol. The molecule has 627 valence electrons. The normalized spacial score (nSPS) is 11.5. The van der Waals surface area contributed by atoms with E-state index in [1.165, 1.54) is 104 Å². The number of hydrogen-bond donors (Lipinski definition) is 3. The van der Waals surface area contributed by atoms with Crippen LogP contribution in [-0.2, 0) is 80.1 Å². The van der Waals surface area contributed by atoms with Crippen molar-refractivity contribution in [1.29, 1.82) is 0 Å². The molecule has 6 aromatic carbocycles. The van der Waals surface area contributed by atoms with Crippen LogP contribution < -0.4 is 0 Å². The van der Waals surface area contributed by atoms with Gasteiger partial charge in [0.1, 0.15) is 17.3 Å². The van der Waals surface area contributed by atoms with Crippen molar-refractivity contribution in [3.05, 3.63) is 286 Å². The van der Waals surface area contributed by atoms with Crippen molar-refractivity contribution in [2.24, 2.45) is 0 Å². The molecule has 0 aliphatic heterocycles. The van der Waals surface area contributed by atoms with E-state index in [-0.39, 0.29) is 100 Å². The molecule has 0 amide bonds. The Hall–Kier alpha value is -12.2. The summed E-state index contributed by atoms with van der Waals surface area (Å²) in [5, 5.41) is 34.1. The molecule has 3 radical (unpaired) electrons. The fourth-order valence-electron chi connectivity index (χ4n) is 14.7. The van der Waals surface area contributed by atoms with Gasteiger partial charge >= 0.3 is 0 Å². The Bertz CT molecular complexity index is 6980. The van der Waals surface area contributed by atoms with Crippen LogP contribution in [0.25, 0.3) is 167 Å². The van der Waals surface area contributed by atoms with Crippen LogP contribution in [0.3, 0.4) is 0 Å². The quantitative estimate of drug-likeness (QED) is 0.0688. The number of carbonyl (C=O) groups excluding carboxylic acids is 3. The van der Waals surface area contributed by atoms with E-state index in [2.05, 4.69) is 191 Å². The predicted molar refractivity (Wildman–Crippen MR) is 474 cm³/mol. The summed E-state index contributed by atoms with van der Waals surface area (Å²) in [5.74, 6) is 2.37. The molecule has 0 bridgehead atoms. The predicted octanol–water partition coefficient (Wildman–Crippen LogP) is 26.3. The van der Waals surface area contributed by atoms with Gasteiger partial charge in [0.2, 0.25) is 17.1 Å². The molecule has 18 aromatic rings. The third kappa shape index (κ3) is 21.0. The van der Waals surface area contributed by atoms with Gasteiger partial charge in [0, 0.05) is 145 Å². The van der Waals surface area contributed by atoms with Gasteiger partial charge in [0.25, 0.3) is 0 Å². The molecule has 122 heavy (non-hydrogen) atoms. The summed E-state index contributed by atoms with van der Waals surface area (Å²) in [6.45, 7) is 36.0. The first-order valence-corrected chi connectivity index (χ1v) is 38.8. The molecule has 0 saturated heterocycles. The van der Waals surface area contributed by atoms with Gasteiger partial charge in [0.05, 0.1) is 52.6 Å². The zero-order chi connectivity index (χ0) is 85.2. The number of ketones is 3. The zero-order valence-electron chi connectivity index (χ0n) is 71.1. The number of aliphatic hydroxyl groups excluding tert-OH is 3. The van der Waals surface area contributed by atoms with Crippen LogP contribution in [0.4, 0.5) is 0 Å². The van der Waals surface area contributed by atoms with Crippen molar-refractivity contribution in [1.82, 2.24) is 29.9 Å². The molecule has 0 saturated carbocycles. The maximum atomic E-state index is 10.0. The van der Waals surface area contributed by atoms with Gasteiger partial charge in [0.15, 0.2) is 34.1 Å². The summed E-state index contributed by atoms with van der Waals surface area (Å²) in [6, 6.07) is 61.6. The number of aromatic nitrogens is 6. The van der Waals surface area contributed by atoms with Gasteiger partial charge < -0.3 is 56.8 Å². The van der Waals surface area contributed by atoms with Crippen molar-refractivity contribution in [3.63, 3.8) is 0 Å². The molecule has 0 aliphatic rings. The number of hydrogen-bond acceptors (Lipinski definition) is 18. The van der Waals surface area contributed by atoms with Crippen molar-refractivity contribution in [3.8, 4) is 67.7 Å². The van der Waals surface area contributed by atoms with Crippen LogP contribution in [0.2, 0.25) is 0 Å². The Morgan fingerprint density at radius 3 is 0.943 bits per heavy atom. The number of nitrogens with zero attached hydrogens (tertiary/aromatic N) is 6. The third-order valence-electron chi connectivity index (χ3n) is 19.6. The van der Waals surface area contributed by atoms with Gasteiger partial charge in [-0.1, -0.05) is 119 Å². The maximum absolute atomic E-state index is 10.0.